The lowest BCUT2D eigenvalue weighted by Gasteiger charge is -2.24. The maximum atomic E-state index is 12.6. The van der Waals surface area contributed by atoms with Crippen molar-refractivity contribution >= 4 is 35.2 Å². The minimum atomic E-state index is -0.108. The number of nitrogens with zero attached hydrogens (tertiary/aromatic N) is 1. The third-order valence-electron chi connectivity index (χ3n) is 5.39. The van der Waals surface area contributed by atoms with Crippen molar-refractivity contribution in [2.24, 2.45) is 0 Å². The van der Waals surface area contributed by atoms with Gasteiger partial charge in [-0.3, -0.25) is 9.59 Å². The molecule has 2 amide bonds. The van der Waals surface area contributed by atoms with Gasteiger partial charge in [-0.25, -0.2) is 0 Å². The van der Waals surface area contributed by atoms with Gasteiger partial charge in [-0.05, 0) is 53.4 Å². The van der Waals surface area contributed by atoms with E-state index in [2.05, 4.69) is 5.32 Å². The van der Waals surface area contributed by atoms with Gasteiger partial charge < -0.3 is 10.2 Å². The Morgan fingerprint density at radius 2 is 1.77 bits per heavy atom. The van der Waals surface area contributed by atoms with Crippen molar-refractivity contribution in [3.05, 3.63) is 106 Å². The van der Waals surface area contributed by atoms with Crippen LogP contribution in [0.5, 0.6) is 0 Å². The molecule has 3 aromatic rings. The summed E-state index contributed by atoms with van der Waals surface area (Å²) in [4.78, 5) is 26.9. The third-order valence-corrected chi connectivity index (χ3v) is 6.90. The van der Waals surface area contributed by atoms with Crippen LogP contribution in [0.25, 0.3) is 0 Å². The first kappa shape index (κ1) is 21.5. The number of amides is 2. The Hall–Kier alpha value is -2.76. The number of carbonyl (C=O) groups is 2. The van der Waals surface area contributed by atoms with Gasteiger partial charge in [-0.1, -0.05) is 60.1 Å². The Morgan fingerprint density at radius 1 is 1.06 bits per heavy atom. The van der Waals surface area contributed by atoms with Crippen LogP contribution in [-0.2, 0) is 17.9 Å². The second kappa shape index (κ2) is 9.58. The fraction of sp³-hybridized carbons (Fsp3) is 0.200. The van der Waals surface area contributed by atoms with E-state index < -0.39 is 0 Å². The molecule has 4 nitrogen and oxygen atoms in total. The number of aryl methyl sites for hydroxylation is 1. The van der Waals surface area contributed by atoms with Crippen LogP contribution >= 0.6 is 23.4 Å². The van der Waals surface area contributed by atoms with E-state index in [1.54, 1.807) is 11.8 Å². The van der Waals surface area contributed by atoms with Crippen LogP contribution in [0.15, 0.2) is 72.8 Å². The Morgan fingerprint density at radius 3 is 2.48 bits per heavy atom. The van der Waals surface area contributed by atoms with Gasteiger partial charge in [0.15, 0.2) is 0 Å². The van der Waals surface area contributed by atoms with Gasteiger partial charge in [0.05, 0.1) is 5.75 Å². The number of benzene rings is 3. The molecule has 0 saturated carbocycles. The Bertz CT molecular complexity index is 1080. The standard InChI is InChI=1S/C25H23ClN2O2S/c1-17-4-2-3-5-21(17)14-27-24(30)19-8-10-20(11-9-19)25-28(23(29)16-31-25)15-18-6-12-22(26)13-7-18/h2-13,25H,14-16H2,1H3,(H,27,30)/t25-/m0/s1. The summed E-state index contributed by atoms with van der Waals surface area (Å²) in [5.74, 6) is 0.463. The molecule has 1 atom stereocenters. The monoisotopic (exact) mass is 450 g/mol. The number of carbonyl (C=O) groups excluding carboxylic acids is 2. The zero-order valence-electron chi connectivity index (χ0n) is 17.2. The molecule has 0 aliphatic carbocycles. The molecule has 0 aromatic heterocycles. The number of hydrogen-bond donors (Lipinski definition) is 1. The topological polar surface area (TPSA) is 49.4 Å². The molecule has 0 spiro atoms. The summed E-state index contributed by atoms with van der Waals surface area (Å²) in [6, 6.07) is 23.1. The molecule has 6 heteroatoms. The number of halogens is 1. The molecular formula is C25H23ClN2O2S. The zero-order valence-corrected chi connectivity index (χ0v) is 18.7. The second-order valence-corrected chi connectivity index (χ2v) is 9.05. The van der Waals surface area contributed by atoms with Crippen molar-refractivity contribution < 1.29 is 9.59 Å². The largest absolute Gasteiger partial charge is 0.348 e. The molecule has 1 saturated heterocycles. The molecule has 158 valence electrons. The van der Waals surface area contributed by atoms with Crippen molar-refractivity contribution in [2.75, 3.05) is 5.75 Å². The molecule has 4 rings (SSSR count). The lowest BCUT2D eigenvalue weighted by atomic mass is 10.1. The summed E-state index contributed by atoms with van der Waals surface area (Å²) in [5, 5.41) is 3.60. The van der Waals surface area contributed by atoms with Gasteiger partial charge in [-0.15, -0.1) is 11.8 Å². The minimum absolute atomic E-state index is 0.0627. The summed E-state index contributed by atoms with van der Waals surface area (Å²) in [6.45, 7) is 3.06. The zero-order chi connectivity index (χ0) is 21.8. The van der Waals surface area contributed by atoms with Gasteiger partial charge in [-0.2, -0.15) is 0 Å². The Kier molecular flexibility index (Phi) is 6.64. The molecule has 3 aromatic carbocycles. The lowest BCUT2D eigenvalue weighted by molar-refractivity contribution is -0.128. The Balaban J connectivity index is 1.42. The predicted molar refractivity (Wildman–Crippen MR) is 126 cm³/mol. The number of thioether (sulfide) groups is 1. The first-order valence-corrected chi connectivity index (χ1v) is 11.5. The fourth-order valence-corrected chi connectivity index (χ4v) is 4.89. The Labute approximate surface area is 191 Å². The van der Waals surface area contributed by atoms with E-state index in [1.807, 2.05) is 84.6 Å². The molecular weight excluding hydrogens is 428 g/mol. The van der Waals surface area contributed by atoms with Crippen molar-refractivity contribution in [3.63, 3.8) is 0 Å². The smallest absolute Gasteiger partial charge is 0.251 e. The van der Waals surface area contributed by atoms with E-state index in [0.717, 1.165) is 22.3 Å². The van der Waals surface area contributed by atoms with Gasteiger partial charge in [0.1, 0.15) is 5.37 Å². The van der Waals surface area contributed by atoms with Gasteiger partial charge >= 0.3 is 0 Å². The summed E-state index contributed by atoms with van der Waals surface area (Å²) in [5.41, 5.74) is 4.92. The minimum Gasteiger partial charge on any atom is -0.348 e. The van der Waals surface area contributed by atoms with E-state index in [0.29, 0.717) is 29.4 Å². The molecule has 1 N–H and O–H groups in total. The highest BCUT2D eigenvalue weighted by molar-refractivity contribution is 8.00. The third kappa shape index (κ3) is 5.12. The summed E-state index contributed by atoms with van der Waals surface area (Å²) in [6.07, 6.45) is 0. The second-order valence-electron chi connectivity index (χ2n) is 7.54. The van der Waals surface area contributed by atoms with Gasteiger partial charge in [0, 0.05) is 23.7 Å². The van der Waals surface area contributed by atoms with Crippen LogP contribution in [-0.4, -0.2) is 22.5 Å². The van der Waals surface area contributed by atoms with Crippen molar-refractivity contribution in [1.29, 1.82) is 0 Å². The normalized spacial score (nSPS) is 15.9. The number of hydrogen-bond acceptors (Lipinski definition) is 3. The quantitative estimate of drug-likeness (QED) is 0.550. The van der Waals surface area contributed by atoms with E-state index in [-0.39, 0.29) is 17.2 Å². The fourth-order valence-electron chi connectivity index (χ4n) is 3.57. The van der Waals surface area contributed by atoms with Crippen LogP contribution < -0.4 is 5.32 Å². The van der Waals surface area contributed by atoms with Crippen molar-refractivity contribution in [2.45, 2.75) is 25.4 Å². The average molecular weight is 451 g/mol. The van der Waals surface area contributed by atoms with Crippen molar-refractivity contribution in [3.8, 4) is 0 Å². The van der Waals surface area contributed by atoms with E-state index in [4.69, 9.17) is 11.6 Å². The van der Waals surface area contributed by atoms with Crippen molar-refractivity contribution in [1.82, 2.24) is 10.2 Å². The first-order valence-electron chi connectivity index (χ1n) is 10.1. The lowest BCUT2D eigenvalue weighted by Crippen LogP contribution is -2.27. The molecule has 1 aliphatic rings. The number of nitrogens with one attached hydrogen (secondary N) is 1. The summed E-state index contributed by atoms with van der Waals surface area (Å²) in [7, 11) is 0. The highest BCUT2D eigenvalue weighted by Crippen LogP contribution is 2.39. The SMILES string of the molecule is Cc1ccccc1CNC(=O)c1ccc([C@@H]2SCC(=O)N2Cc2ccc(Cl)cc2)cc1. The van der Waals surface area contributed by atoms with Crippen LogP contribution in [0, 0.1) is 6.92 Å². The molecule has 1 fully saturated rings. The van der Waals surface area contributed by atoms with Crippen LogP contribution in [0.2, 0.25) is 5.02 Å². The first-order chi connectivity index (χ1) is 15.0. The average Bonchev–Trinajstić information content (AvgIpc) is 3.14. The van der Waals surface area contributed by atoms with Gasteiger partial charge in [0.2, 0.25) is 5.91 Å². The van der Waals surface area contributed by atoms with E-state index in [1.165, 1.54) is 0 Å². The highest BCUT2D eigenvalue weighted by Gasteiger charge is 2.32. The number of rotatable bonds is 6. The molecule has 0 radical (unpaired) electrons. The summed E-state index contributed by atoms with van der Waals surface area (Å²) >= 11 is 7.58. The van der Waals surface area contributed by atoms with Crippen LogP contribution in [0.1, 0.15) is 38.0 Å². The molecule has 1 aliphatic heterocycles. The molecule has 0 unspecified atom stereocenters. The molecule has 1 heterocycles. The molecule has 31 heavy (non-hydrogen) atoms. The molecule has 0 bridgehead atoms. The predicted octanol–water partition coefficient (Wildman–Crippen LogP) is 5.35. The highest BCUT2D eigenvalue weighted by atomic mass is 35.5. The van der Waals surface area contributed by atoms with Gasteiger partial charge in [0.25, 0.3) is 5.91 Å². The van der Waals surface area contributed by atoms with E-state index in [9.17, 15) is 9.59 Å². The van der Waals surface area contributed by atoms with Crippen LogP contribution in [0.3, 0.4) is 0 Å². The van der Waals surface area contributed by atoms with Crippen LogP contribution in [0.4, 0.5) is 0 Å². The van der Waals surface area contributed by atoms with E-state index >= 15 is 0 Å². The summed E-state index contributed by atoms with van der Waals surface area (Å²) < 4.78 is 0. The maximum absolute atomic E-state index is 12.6. The maximum Gasteiger partial charge on any atom is 0.251 e.